The Morgan fingerprint density at radius 2 is 1.54 bits per heavy atom. The van der Waals surface area contributed by atoms with Crippen LogP contribution in [0.1, 0.15) is 56.0 Å². The smallest absolute Gasteiger partial charge is 0.317 e. The summed E-state index contributed by atoms with van der Waals surface area (Å²) in [6.07, 6.45) is 1.09. The van der Waals surface area contributed by atoms with E-state index in [0.717, 1.165) is 12.0 Å². The molecule has 24 heavy (non-hydrogen) atoms. The van der Waals surface area contributed by atoms with E-state index >= 15 is 0 Å². The van der Waals surface area contributed by atoms with Crippen LogP contribution in [0.2, 0.25) is 0 Å². The van der Waals surface area contributed by atoms with E-state index in [1.807, 2.05) is 43.0 Å². The molecule has 132 valence electrons. The molecular weight excluding hydrogens is 302 g/mol. The Hall–Kier alpha value is -2.04. The second-order valence-corrected chi connectivity index (χ2v) is 6.81. The molecule has 5 nitrogen and oxygen atoms in total. The van der Waals surface area contributed by atoms with Crippen molar-refractivity contribution in [1.29, 1.82) is 0 Å². The summed E-state index contributed by atoms with van der Waals surface area (Å²) < 4.78 is 0. The number of piperazine rings is 1. The van der Waals surface area contributed by atoms with Crippen LogP contribution in [0.25, 0.3) is 0 Å². The molecule has 2 rings (SSSR count). The van der Waals surface area contributed by atoms with Gasteiger partial charge in [-0.05, 0) is 43.9 Å². The highest BCUT2D eigenvalue weighted by Crippen LogP contribution is 2.19. The van der Waals surface area contributed by atoms with Gasteiger partial charge in [0.25, 0.3) is 5.91 Å². The fraction of sp³-hybridized carbons (Fsp3) is 0.579. The summed E-state index contributed by atoms with van der Waals surface area (Å²) in [5.41, 5.74) is 1.99. The number of urea groups is 1. The van der Waals surface area contributed by atoms with Crippen molar-refractivity contribution < 1.29 is 9.59 Å². The molecule has 0 bridgehead atoms. The molecule has 0 radical (unpaired) electrons. The summed E-state index contributed by atoms with van der Waals surface area (Å²) in [5.74, 6) is 0.562. The molecule has 1 aliphatic heterocycles. The molecule has 5 heteroatoms. The first-order valence-electron chi connectivity index (χ1n) is 8.87. The minimum atomic E-state index is -0.0463. The summed E-state index contributed by atoms with van der Waals surface area (Å²) in [6.45, 7) is 10.6. The first-order valence-corrected chi connectivity index (χ1v) is 8.87. The average molecular weight is 331 g/mol. The monoisotopic (exact) mass is 331 g/mol. The van der Waals surface area contributed by atoms with Crippen LogP contribution in [0.3, 0.4) is 0 Å². The summed E-state index contributed by atoms with van der Waals surface area (Å²) in [5, 5.41) is 2.89. The molecule has 1 aromatic carbocycles. The van der Waals surface area contributed by atoms with E-state index < -0.39 is 0 Å². The van der Waals surface area contributed by atoms with Gasteiger partial charge in [0.05, 0.1) is 0 Å². The van der Waals surface area contributed by atoms with Gasteiger partial charge in [0.15, 0.2) is 0 Å². The third-order valence-corrected chi connectivity index (χ3v) is 4.61. The molecule has 1 saturated heterocycles. The number of benzene rings is 1. The number of rotatable bonds is 4. The normalized spacial score (nSPS) is 16.2. The lowest BCUT2D eigenvalue weighted by atomic mass is 9.97. The number of amides is 3. The summed E-state index contributed by atoms with van der Waals surface area (Å²) in [4.78, 5) is 28.2. The lowest BCUT2D eigenvalue weighted by Gasteiger charge is -2.35. The highest BCUT2D eigenvalue weighted by molar-refractivity contribution is 5.94. The quantitative estimate of drug-likeness (QED) is 0.922. The number of hydrogen-bond donors (Lipinski definition) is 1. The molecule has 1 heterocycles. The van der Waals surface area contributed by atoms with E-state index in [1.165, 1.54) is 5.56 Å². The fourth-order valence-corrected chi connectivity index (χ4v) is 2.82. The van der Waals surface area contributed by atoms with Gasteiger partial charge in [0.2, 0.25) is 0 Å². The Morgan fingerprint density at radius 3 is 2.04 bits per heavy atom. The Balaban J connectivity index is 1.92. The van der Waals surface area contributed by atoms with Gasteiger partial charge in [-0.3, -0.25) is 4.79 Å². The van der Waals surface area contributed by atoms with Crippen molar-refractivity contribution in [2.24, 2.45) is 0 Å². The molecule has 0 aromatic heterocycles. The SMILES string of the molecule is CCC(C)c1ccc(C(=O)N2CCN(C(=O)NC(C)C)CC2)cc1. The molecular formula is C19H29N3O2. The summed E-state index contributed by atoms with van der Waals surface area (Å²) in [7, 11) is 0. The molecule has 1 N–H and O–H groups in total. The number of nitrogens with zero attached hydrogens (tertiary/aromatic N) is 2. The third kappa shape index (κ3) is 4.49. The molecule has 1 aliphatic rings. The topological polar surface area (TPSA) is 52.7 Å². The minimum absolute atomic E-state index is 0.0463. The number of nitrogens with one attached hydrogen (secondary N) is 1. The molecule has 0 spiro atoms. The fourth-order valence-electron chi connectivity index (χ4n) is 2.82. The molecule has 1 fully saturated rings. The zero-order chi connectivity index (χ0) is 17.7. The van der Waals surface area contributed by atoms with Crippen LogP contribution in [0.5, 0.6) is 0 Å². The van der Waals surface area contributed by atoms with E-state index in [2.05, 4.69) is 19.2 Å². The van der Waals surface area contributed by atoms with Crippen molar-refractivity contribution in [3.05, 3.63) is 35.4 Å². The van der Waals surface area contributed by atoms with Gasteiger partial charge in [-0.1, -0.05) is 26.0 Å². The summed E-state index contributed by atoms with van der Waals surface area (Å²) >= 11 is 0. The van der Waals surface area contributed by atoms with Gasteiger partial charge in [-0.2, -0.15) is 0 Å². The standard InChI is InChI=1S/C19H29N3O2/c1-5-15(4)16-6-8-17(9-7-16)18(23)21-10-12-22(13-11-21)19(24)20-14(2)3/h6-9,14-15H,5,10-13H2,1-4H3,(H,20,24). The highest BCUT2D eigenvalue weighted by Gasteiger charge is 2.25. The zero-order valence-electron chi connectivity index (χ0n) is 15.2. The van der Waals surface area contributed by atoms with Crippen LogP contribution in [0, 0.1) is 0 Å². The van der Waals surface area contributed by atoms with Crippen LogP contribution < -0.4 is 5.32 Å². The first kappa shape index (κ1) is 18.3. The van der Waals surface area contributed by atoms with E-state index in [-0.39, 0.29) is 18.0 Å². The predicted molar refractivity (Wildman–Crippen MR) is 96.3 cm³/mol. The number of hydrogen-bond acceptors (Lipinski definition) is 2. The molecule has 0 aliphatic carbocycles. The average Bonchev–Trinajstić information content (AvgIpc) is 2.60. The van der Waals surface area contributed by atoms with Crippen molar-refractivity contribution in [3.63, 3.8) is 0 Å². The zero-order valence-corrected chi connectivity index (χ0v) is 15.2. The molecule has 1 atom stereocenters. The van der Waals surface area contributed by atoms with Gasteiger partial charge in [-0.25, -0.2) is 4.79 Å². The van der Waals surface area contributed by atoms with E-state index in [9.17, 15) is 9.59 Å². The molecule has 1 aromatic rings. The van der Waals surface area contributed by atoms with Crippen molar-refractivity contribution in [1.82, 2.24) is 15.1 Å². The van der Waals surface area contributed by atoms with Crippen LogP contribution in [0.15, 0.2) is 24.3 Å². The van der Waals surface area contributed by atoms with Crippen LogP contribution in [-0.4, -0.2) is 54.0 Å². The van der Waals surface area contributed by atoms with Crippen LogP contribution in [-0.2, 0) is 0 Å². The summed E-state index contributed by atoms with van der Waals surface area (Å²) in [6, 6.07) is 8.02. The maximum absolute atomic E-state index is 12.6. The van der Waals surface area contributed by atoms with Gasteiger partial charge >= 0.3 is 6.03 Å². The Labute approximate surface area is 145 Å². The van der Waals surface area contributed by atoms with E-state index in [4.69, 9.17) is 0 Å². The van der Waals surface area contributed by atoms with Crippen molar-refractivity contribution >= 4 is 11.9 Å². The van der Waals surface area contributed by atoms with E-state index in [1.54, 1.807) is 4.90 Å². The largest absolute Gasteiger partial charge is 0.336 e. The van der Waals surface area contributed by atoms with Crippen LogP contribution >= 0.6 is 0 Å². The number of carbonyl (C=O) groups is 2. The molecule has 0 saturated carbocycles. The Bertz CT molecular complexity index is 560. The molecule has 1 unspecified atom stereocenters. The van der Waals surface area contributed by atoms with Gasteiger partial charge < -0.3 is 15.1 Å². The third-order valence-electron chi connectivity index (χ3n) is 4.61. The maximum Gasteiger partial charge on any atom is 0.317 e. The van der Waals surface area contributed by atoms with Gasteiger partial charge in [0.1, 0.15) is 0 Å². The Kier molecular flexibility index (Phi) is 6.23. The molecule has 3 amide bonds. The van der Waals surface area contributed by atoms with Crippen LogP contribution in [0.4, 0.5) is 4.79 Å². The lowest BCUT2D eigenvalue weighted by molar-refractivity contribution is 0.0664. The van der Waals surface area contributed by atoms with Gasteiger partial charge in [0, 0.05) is 37.8 Å². The van der Waals surface area contributed by atoms with Crippen molar-refractivity contribution in [2.75, 3.05) is 26.2 Å². The minimum Gasteiger partial charge on any atom is -0.336 e. The van der Waals surface area contributed by atoms with Crippen molar-refractivity contribution in [3.8, 4) is 0 Å². The lowest BCUT2D eigenvalue weighted by Crippen LogP contribution is -2.54. The van der Waals surface area contributed by atoms with Gasteiger partial charge in [-0.15, -0.1) is 0 Å². The highest BCUT2D eigenvalue weighted by atomic mass is 16.2. The Morgan fingerprint density at radius 1 is 1.00 bits per heavy atom. The second kappa shape index (κ2) is 8.18. The maximum atomic E-state index is 12.6. The second-order valence-electron chi connectivity index (χ2n) is 6.81. The van der Waals surface area contributed by atoms with E-state index in [0.29, 0.717) is 32.1 Å². The number of carbonyl (C=O) groups excluding carboxylic acids is 2. The predicted octanol–water partition coefficient (Wildman–Crippen LogP) is 3.08. The first-order chi connectivity index (χ1) is 11.4. The van der Waals surface area contributed by atoms with Crippen molar-refractivity contribution in [2.45, 2.75) is 46.1 Å².